The monoisotopic (exact) mass is 310 g/mol. The minimum atomic E-state index is 0.533. The molecule has 2 heteroatoms. The quantitative estimate of drug-likeness (QED) is 0.482. The highest BCUT2D eigenvalue weighted by Crippen LogP contribution is 2.34. The number of carbonyl (C=O) groups excluding carboxylic acids is 2. The zero-order valence-electron chi connectivity index (χ0n) is 12.9. The lowest BCUT2D eigenvalue weighted by Crippen LogP contribution is -1.96. The number of fused-ring (bicyclic) bond motifs is 2. The standard InChI is InChI=1S/C22H14O2/c23-13-19-12-17-7-3-4-8-20(17)21(14-24)22(19)18-10-9-15-5-1-2-6-16(15)11-18/h1-14H. The summed E-state index contributed by atoms with van der Waals surface area (Å²) in [6.45, 7) is 0. The fraction of sp³-hybridized carbons (Fsp3) is 0. The smallest absolute Gasteiger partial charge is 0.151 e. The third-order valence-corrected chi connectivity index (χ3v) is 4.40. The molecule has 0 radical (unpaired) electrons. The van der Waals surface area contributed by atoms with E-state index >= 15 is 0 Å². The molecule has 4 aromatic rings. The Morgan fingerprint density at radius 3 is 2.08 bits per heavy atom. The van der Waals surface area contributed by atoms with Crippen LogP contribution in [0.2, 0.25) is 0 Å². The van der Waals surface area contributed by atoms with E-state index in [1.54, 1.807) is 0 Å². The van der Waals surface area contributed by atoms with Crippen LogP contribution in [0.4, 0.5) is 0 Å². The molecule has 0 fully saturated rings. The van der Waals surface area contributed by atoms with Crippen molar-refractivity contribution in [3.63, 3.8) is 0 Å². The van der Waals surface area contributed by atoms with Crippen molar-refractivity contribution in [2.45, 2.75) is 0 Å². The zero-order valence-corrected chi connectivity index (χ0v) is 12.9. The molecule has 0 aromatic heterocycles. The van der Waals surface area contributed by atoms with Crippen molar-refractivity contribution in [3.05, 3.63) is 83.9 Å². The largest absolute Gasteiger partial charge is 0.298 e. The minimum absolute atomic E-state index is 0.533. The van der Waals surface area contributed by atoms with E-state index in [1.165, 1.54) is 0 Å². The maximum Gasteiger partial charge on any atom is 0.151 e. The van der Waals surface area contributed by atoms with Crippen LogP contribution in [0.15, 0.2) is 72.8 Å². The van der Waals surface area contributed by atoms with Crippen LogP contribution >= 0.6 is 0 Å². The lowest BCUT2D eigenvalue weighted by Gasteiger charge is -2.13. The van der Waals surface area contributed by atoms with Gasteiger partial charge in [0.05, 0.1) is 0 Å². The molecule has 0 amide bonds. The number of benzene rings is 4. The van der Waals surface area contributed by atoms with E-state index in [2.05, 4.69) is 0 Å². The van der Waals surface area contributed by atoms with Gasteiger partial charge in [0, 0.05) is 16.7 Å². The Balaban J connectivity index is 2.10. The lowest BCUT2D eigenvalue weighted by molar-refractivity contribution is 0.112. The minimum Gasteiger partial charge on any atom is -0.298 e. The summed E-state index contributed by atoms with van der Waals surface area (Å²) in [7, 11) is 0. The number of aldehydes is 2. The third kappa shape index (κ3) is 2.20. The van der Waals surface area contributed by atoms with Crippen LogP contribution in [-0.2, 0) is 0 Å². The van der Waals surface area contributed by atoms with Crippen LogP contribution in [-0.4, -0.2) is 12.6 Å². The second-order valence-corrected chi connectivity index (χ2v) is 5.77. The fourth-order valence-corrected chi connectivity index (χ4v) is 3.28. The molecule has 0 saturated carbocycles. The molecule has 0 spiro atoms. The van der Waals surface area contributed by atoms with Gasteiger partial charge in [0.15, 0.2) is 12.6 Å². The number of hydrogen-bond donors (Lipinski definition) is 0. The topological polar surface area (TPSA) is 34.1 Å². The van der Waals surface area contributed by atoms with Crippen LogP contribution in [0.5, 0.6) is 0 Å². The highest BCUT2D eigenvalue weighted by atomic mass is 16.1. The van der Waals surface area contributed by atoms with Gasteiger partial charge in [-0.2, -0.15) is 0 Å². The summed E-state index contributed by atoms with van der Waals surface area (Å²) in [6, 6.07) is 23.5. The Morgan fingerprint density at radius 2 is 1.33 bits per heavy atom. The van der Waals surface area contributed by atoms with E-state index < -0.39 is 0 Å². The zero-order chi connectivity index (χ0) is 16.5. The molecular weight excluding hydrogens is 296 g/mol. The van der Waals surface area contributed by atoms with Gasteiger partial charge in [-0.3, -0.25) is 9.59 Å². The predicted molar refractivity (Wildman–Crippen MR) is 97.7 cm³/mol. The number of rotatable bonds is 3. The van der Waals surface area contributed by atoms with Crippen molar-refractivity contribution in [2.24, 2.45) is 0 Å². The molecule has 4 aromatic carbocycles. The van der Waals surface area contributed by atoms with Gasteiger partial charge in [-0.15, -0.1) is 0 Å². The van der Waals surface area contributed by atoms with Gasteiger partial charge in [-0.05, 0) is 39.2 Å². The molecule has 0 unspecified atom stereocenters. The Hall–Kier alpha value is -3.26. The average molecular weight is 310 g/mol. The van der Waals surface area contributed by atoms with Crippen molar-refractivity contribution in [3.8, 4) is 11.1 Å². The second-order valence-electron chi connectivity index (χ2n) is 5.77. The first-order valence-electron chi connectivity index (χ1n) is 7.77. The normalized spacial score (nSPS) is 10.8. The SMILES string of the molecule is O=Cc1cc2ccccc2c(C=O)c1-c1ccc2ccccc2c1. The van der Waals surface area contributed by atoms with Gasteiger partial charge in [0.2, 0.25) is 0 Å². The first-order chi connectivity index (χ1) is 11.8. The first-order valence-corrected chi connectivity index (χ1v) is 7.77. The van der Waals surface area contributed by atoms with Gasteiger partial charge < -0.3 is 0 Å². The van der Waals surface area contributed by atoms with E-state index in [9.17, 15) is 9.59 Å². The Labute approximate surface area is 139 Å². The summed E-state index contributed by atoms with van der Waals surface area (Å²) in [5.74, 6) is 0. The molecule has 0 N–H and O–H groups in total. The van der Waals surface area contributed by atoms with Crippen molar-refractivity contribution in [1.82, 2.24) is 0 Å². The van der Waals surface area contributed by atoms with Crippen molar-refractivity contribution < 1.29 is 9.59 Å². The average Bonchev–Trinajstić information content (AvgIpc) is 2.65. The van der Waals surface area contributed by atoms with Crippen LogP contribution in [0.25, 0.3) is 32.7 Å². The molecule has 0 aliphatic rings. The van der Waals surface area contributed by atoms with E-state index in [4.69, 9.17) is 0 Å². The van der Waals surface area contributed by atoms with Gasteiger partial charge in [-0.1, -0.05) is 60.7 Å². The third-order valence-electron chi connectivity index (χ3n) is 4.40. The molecule has 114 valence electrons. The molecule has 4 rings (SSSR count). The van der Waals surface area contributed by atoms with Gasteiger partial charge in [-0.25, -0.2) is 0 Å². The summed E-state index contributed by atoms with van der Waals surface area (Å²) in [5.41, 5.74) is 2.67. The highest BCUT2D eigenvalue weighted by Gasteiger charge is 2.14. The molecule has 0 saturated heterocycles. The van der Waals surface area contributed by atoms with Crippen LogP contribution in [0.3, 0.4) is 0 Å². The molecule has 0 heterocycles. The second kappa shape index (κ2) is 5.74. The summed E-state index contributed by atoms with van der Waals surface area (Å²) < 4.78 is 0. The first kappa shape index (κ1) is 14.3. The summed E-state index contributed by atoms with van der Waals surface area (Å²) >= 11 is 0. The fourth-order valence-electron chi connectivity index (χ4n) is 3.28. The highest BCUT2D eigenvalue weighted by molar-refractivity contribution is 6.10. The molecule has 0 aliphatic heterocycles. The van der Waals surface area contributed by atoms with E-state index in [-0.39, 0.29) is 0 Å². The van der Waals surface area contributed by atoms with Crippen LogP contribution < -0.4 is 0 Å². The number of carbonyl (C=O) groups is 2. The Bertz CT molecular complexity index is 1090. The molecule has 24 heavy (non-hydrogen) atoms. The Morgan fingerprint density at radius 1 is 0.625 bits per heavy atom. The van der Waals surface area contributed by atoms with E-state index in [1.807, 2.05) is 72.8 Å². The molecular formula is C22H14O2. The lowest BCUT2D eigenvalue weighted by atomic mass is 9.89. The maximum atomic E-state index is 11.8. The van der Waals surface area contributed by atoms with Crippen molar-refractivity contribution >= 4 is 34.1 Å². The molecule has 0 bridgehead atoms. The van der Waals surface area contributed by atoms with Crippen LogP contribution in [0, 0.1) is 0 Å². The summed E-state index contributed by atoms with van der Waals surface area (Å²) in [6.07, 6.45) is 1.67. The molecule has 0 aliphatic carbocycles. The summed E-state index contributed by atoms with van der Waals surface area (Å²) in [4.78, 5) is 23.5. The number of hydrogen-bond acceptors (Lipinski definition) is 2. The molecule has 0 atom stereocenters. The van der Waals surface area contributed by atoms with Gasteiger partial charge >= 0.3 is 0 Å². The maximum absolute atomic E-state index is 11.8. The van der Waals surface area contributed by atoms with Gasteiger partial charge in [0.25, 0.3) is 0 Å². The molecule has 2 nitrogen and oxygen atoms in total. The van der Waals surface area contributed by atoms with Gasteiger partial charge in [0.1, 0.15) is 0 Å². The Kier molecular flexibility index (Phi) is 3.43. The van der Waals surface area contributed by atoms with Crippen molar-refractivity contribution in [1.29, 1.82) is 0 Å². The van der Waals surface area contributed by atoms with E-state index in [0.29, 0.717) is 16.7 Å². The van der Waals surface area contributed by atoms with E-state index in [0.717, 1.165) is 39.7 Å². The predicted octanol–water partition coefficient (Wildman–Crippen LogP) is 5.29. The summed E-state index contributed by atoms with van der Waals surface area (Å²) in [5, 5.41) is 3.96. The van der Waals surface area contributed by atoms with Crippen LogP contribution in [0.1, 0.15) is 20.7 Å². The van der Waals surface area contributed by atoms with Crippen molar-refractivity contribution in [2.75, 3.05) is 0 Å².